The van der Waals surface area contributed by atoms with Crippen molar-refractivity contribution in [3.8, 4) is 28.1 Å². The highest BCUT2D eigenvalue weighted by molar-refractivity contribution is 6.36. The molecule has 43 heavy (non-hydrogen) atoms. The van der Waals surface area contributed by atoms with Crippen molar-refractivity contribution < 1.29 is 14.3 Å². The van der Waals surface area contributed by atoms with Gasteiger partial charge in [0.15, 0.2) is 0 Å². The number of hydrogen-bond acceptors (Lipinski definition) is 6. The molecule has 3 aromatic rings. The van der Waals surface area contributed by atoms with Crippen LogP contribution in [0.15, 0.2) is 48.5 Å². The van der Waals surface area contributed by atoms with Crippen LogP contribution in [0.3, 0.4) is 0 Å². The smallest absolute Gasteiger partial charge is 0.274 e. The summed E-state index contributed by atoms with van der Waals surface area (Å²) in [6.07, 6.45) is 5.59. The summed E-state index contributed by atoms with van der Waals surface area (Å²) in [4.78, 5) is 30.1. The fourth-order valence-electron chi connectivity index (χ4n) is 6.36. The van der Waals surface area contributed by atoms with E-state index in [0.29, 0.717) is 35.2 Å². The number of ether oxygens (including phenoxy) is 1. The van der Waals surface area contributed by atoms with Gasteiger partial charge >= 0.3 is 0 Å². The van der Waals surface area contributed by atoms with Gasteiger partial charge in [-0.1, -0.05) is 35.7 Å². The van der Waals surface area contributed by atoms with Gasteiger partial charge in [0, 0.05) is 28.2 Å². The normalized spacial score (nSPS) is 17.0. The van der Waals surface area contributed by atoms with Crippen LogP contribution in [0.2, 0.25) is 10.0 Å². The fraction of sp³-hybridized carbons (Fsp3) is 0.455. The Labute approximate surface area is 264 Å². The van der Waals surface area contributed by atoms with E-state index in [4.69, 9.17) is 27.9 Å². The van der Waals surface area contributed by atoms with E-state index in [1.807, 2.05) is 55.1 Å². The van der Waals surface area contributed by atoms with Gasteiger partial charge < -0.3 is 19.9 Å². The minimum atomic E-state index is -0.680. The van der Waals surface area contributed by atoms with Gasteiger partial charge in [-0.2, -0.15) is 0 Å². The van der Waals surface area contributed by atoms with Crippen LogP contribution in [0, 0.1) is 0 Å². The van der Waals surface area contributed by atoms with Crippen molar-refractivity contribution in [1.29, 1.82) is 0 Å². The van der Waals surface area contributed by atoms with Crippen LogP contribution in [0.1, 0.15) is 49.0 Å². The van der Waals surface area contributed by atoms with Crippen molar-refractivity contribution in [3.63, 3.8) is 0 Å². The second-order valence-electron chi connectivity index (χ2n) is 11.4. The largest absolute Gasteiger partial charge is 0.494 e. The standard InChI is InChI=1S/C33H41Cl2N5O3/c1-36-15-6-20-43-25-10-7-23(8-11-25)30-27(26-12-9-24(34)21-28(26)35)22-29(39(30)2)31(41)38-32(42)33(13-16-37-17-14-33)40-18-4-3-5-19-40/h7-12,21-22,36-37H,3-6,13-20H2,1-2H3,(H,38,41,42). The van der Waals surface area contributed by atoms with Gasteiger partial charge in [-0.25, -0.2) is 0 Å². The zero-order chi connectivity index (χ0) is 30.4. The number of amides is 2. The molecule has 10 heteroatoms. The van der Waals surface area contributed by atoms with Gasteiger partial charge in [-0.15, -0.1) is 0 Å². The SMILES string of the molecule is CNCCCOc1ccc(-c2c(-c3ccc(Cl)cc3Cl)cc(C(=O)NC(=O)C3(N4CCCCC4)CCNCC3)n2C)cc1. The Morgan fingerprint density at radius 2 is 1.70 bits per heavy atom. The summed E-state index contributed by atoms with van der Waals surface area (Å²) in [6.45, 7) is 4.76. The molecule has 0 radical (unpaired) electrons. The summed E-state index contributed by atoms with van der Waals surface area (Å²) < 4.78 is 7.72. The van der Waals surface area contributed by atoms with Gasteiger partial charge in [0.1, 0.15) is 17.0 Å². The maximum Gasteiger partial charge on any atom is 0.274 e. The molecule has 0 spiro atoms. The predicted octanol–water partition coefficient (Wildman–Crippen LogP) is 5.52. The lowest BCUT2D eigenvalue weighted by atomic mass is 9.83. The molecule has 0 aliphatic carbocycles. The maximum absolute atomic E-state index is 13.9. The Morgan fingerprint density at radius 1 is 0.977 bits per heavy atom. The Bertz CT molecular complexity index is 1430. The van der Waals surface area contributed by atoms with Crippen molar-refractivity contribution in [2.45, 2.75) is 44.1 Å². The van der Waals surface area contributed by atoms with Gasteiger partial charge in [0.2, 0.25) is 5.91 Å². The zero-order valence-corrected chi connectivity index (χ0v) is 26.5. The summed E-state index contributed by atoms with van der Waals surface area (Å²) in [7, 11) is 3.76. The molecule has 3 heterocycles. The first kappa shape index (κ1) is 31.5. The third-order valence-corrected chi connectivity index (χ3v) is 9.24. The molecule has 1 aromatic heterocycles. The quantitative estimate of drug-likeness (QED) is 0.203. The second-order valence-corrected chi connectivity index (χ2v) is 12.3. The highest BCUT2D eigenvalue weighted by Gasteiger charge is 2.45. The molecule has 2 amide bonds. The van der Waals surface area contributed by atoms with E-state index in [1.165, 1.54) is 6.42 Å². The highest BCUT2D eigenvalue weighted by Crippen LogP contribution is 2.40. The van der Waals surface area contributed by atoms with Crippen LogP contribution in [0.4, 0.5) is 0 Å². The maximum atomic E-state index is 13.9. The lowest BCUT2D eigenvalue weighted by Gasteiger charge is -2.46. The topological polar surface area (TPSA) is 87.6 Å². The van der Waals surface area contributed by atoms with Crippen LogP contribution < -0.4 is 20.7 Å². The molecule has 2 aliphatic rings. The zero-order valence-electron chi connectivity index (χ0n) is 25.0. The van der Waals surface area contributed by atoms with E-state index >= 15 is 0 Å². The number of benzene rings is 2. The van der Waals surface area contributed by atoms with Gasteiger partial charge in [-0.05, 0) is 120 Å². The molecule has 2 fully saturated rings. The minimum absolute atomic E-state index is 0.213. The molecule has 0 atom stereocenters. The summed E-state index contributed by atoms with van der Waals surface area (Å²) in [5, 5.41) is 10.3. The molecule has 3 N–H and O–H groups in total. The first-order valence-electron chi connectivity index (χ1n) is 15.2. The van der Waals surface area contributed by atoms with E-state index in [-0.39, 0.29) is 5.91 Å². The Hall–Kier alpha value is -2.88. The molecular formula is C33H41Cl2N5O3. The lowest BCUT2D eigenvalue weighted by Crippen LogP contribution is -2.64. The van der Waals surface area contributed by atoms with Gasteiger partial charge in [0.05, 0.1) is 12.3 Å². The van der Waals surface area contributed by atoms with E-state index < -0.39 is 11.4 Å². The Balaban J connectivity index is 1.47. The number of aromatic nitrogens is 1. The van der Waals surface area contributed by atoms with E-state index in [2.05, 4.69) is 20.9 Å². The molecule has 0 saturated carbocycles. The first-order chi connectivity index (χ1) is 20.8. The number of imide groups is 1. The highest BCUT2D eigenvalue weighted by atomic mass is 35.5. The number of nitrogens with one attached hydrogen (secondary N) is 3. The lowest BCUT2D eigenvalue weighted by molar-refractivity contribution is -0.135. The van der Waals surface area contributed by atoms with Crippen molar-refractivity contribution >= 4 is 35.0 Å². The van der Waals surface area contributed by atoms with Crippen LogP contribution in [-0.4, -0.2) is 73.2 Å². The van der Waals surface area contributed by atoms with Crippen LogP contribution in [0.5, 0.6) is 5.75 Å². The van der Waals surface area contributed by atoms with E-state index in [0.717, 1.165) is 80.1 Å². The van der Waals surface area contributed by atoms with Crippen LogP contribution in [-0.2, 0) is 11.8 Å². The summed E-state index contributed by atoms with van der Waals surface area (Å²) in [5.41, 5.74) is 2.91. The van der Waals surface area contributed by atoms with Gasteiger partial charge in [-0.3, -0.25) is 19.8 Å². The number of likely N-dealkylation sites (tertiary alicyclic amines) is 1. The number of halogens is 2. The summed E-state index contributed by atoms with van der Waals surface area (Å²) >= 11 is 12.9. The number of hydrogen-bond donors (Lipinski definition) is 3. The van der Waals surface area contributed by atoms with Crippen LogP contribution >= 0.6 is 23.2 Å². The third kappa shape index (κ3) is 6.94. The number of carbonyl (C=O) groups excluding carboxylic acids is 2. The Kier molecular flexibility index (Phi) is 10.5. The first-order valence-corrected chi connectivity index (χ1v) is 15.9. The van der Waals surface area contributed by atoms with Crippen molar-refractivity contribution in [1.82, 2.24) is 25.4 Å². The molecule has 2 aliphatic heterocycles. The minimum Gasteiger partial charge on any atom is -0.494 e. The molecular weight excluding hydrogens is 585 g/mol. The second kappa shape index (κ2) is 14.3. The number of piperidine rings is 2. The number of nitrogens with zero attached hydrogens (tertiary/aromatic N) is 2. The third-order valence-electron chi connectivity index (χ3n) is 8.70. The monoisotopic (exact) mass is 625 g/mol. The molecule has 0 unspecified atom stereocenters. The van der Waals surface area contributed by atoms with E-state index in [1.54, 1.807) is 12.1 Å². The van der Waals surface area contributed by atoms with Crippen LogP contribution in [0.25, 0.3) is 22.4 Å². The molecule has 2 aromatic carbocycles. The summed E-state index contributed by atoms with van der Waals surface area (Å²) in [6, 6.07) is 15.0. The Morgan fingerprint density at radius 3 is 2.37 bits per heavy atom. The van der Waals surface area contributed by atoms with Crippen molar-refractivity contribution in [3.05, 3.63) is 64.3 Å². The molecule has 8 nitrogen and oxygen atoms in total. The predicted molar refractivity (Wildman–Crippen MR) is 173 cm³/mol. The number of carbonyl (C=O) groups is 2. The van der Waals surface area contributed by atoms with Crippen molar-refractivity contribution in [2.75, 3.05) is 46.4 Å². The molecule has 2 saturated heterocycles. The molecule has 230 valence electrons. The van der Waals surface area contributed by atoms with Crippen molar-refractivity contribution in [2.24, 2.45) is 7.05 Å². The van der Waals surface area contributed by atoms with E-state index in [9.17, 15) is 9.59 Å². The number of rotatable bonds is 10. The average molecular weight is 627 g/mol. The summed E-state index contributed by atoms with van der Waals surface area (Å²) in [5.74, 6) is 0.132. The molecule has 0 bridgehead atoms. The fourth-order valence-corrected chi connectivity index (χ4v) is 6.87. The molecule has 5 rings (SSSR count). The average Bonchev–Trinajstić information content (AvgIpc) is 3.37. The van der Waals surface area contributed by atoms with Gasteiger partial charge in [0.25, 0.3) is 5.91 Å².